The summed E-state index contributed by atoms with van der Waals surface area (Å²) in [7, 11) is 0. The molecule has 7 heteroatoms. The third-order valence-corrected chi connectivity index (χ3v) is 5.01. The lowest BCUT2D eigenvalue weighted by atomic mass is 10.1. The van der Waals surface area contributed by atoms with E-state index < -0.39 is 0 Å². The molecule has 0 atom stereocenters. The number of amides is 2. The standard InChI is InChI=1S/C21H24N6O/c1-2-17-5-7-18(8-6-17)24-21(28)27-13-11-26(12-14-27)20-15-19(22-16-23-20)25-9-3-4-10-25/h3-10,15-16H,2,11-14H2,1H3,(H,24,28). The Hall–Kier alpha value is -3.35. The van der Waals surface area contributed by atoms with Crippen LogP contribution in [-0.2, 0) is 6.42 Å². The predicted octanol–water partition coefficient (Wildman–Crippen LogP) is 3.18. The molecule has 3 aromatic rings. The first-order valence-corrected chi connectivity index (χ1v) is 9.58. The average molecular weight is 376 g/mol. The Morgan fingerprint density at radius 1 is 1.00 bits per heavy atom. The normalized spacial score (nSPS) is 14.2. The number of aryl methyl sites for hydroxylation is 1. The lowest BCUT2D eigenvalue weighted by Crippen LogP contribution is -2.50. The molecule has 0 radical (unpaired) electrons. The second kappa shape index (κ2) is 8.12. The maximum absolute atomic E-state index is 12.5. The maximum atomic E-state index is 12.5. The smallest absolute Gasteiger partial charge is 0.321 e. The summed E-state index contributed by atoms with van der Waals surface area (Å²) in [4.78, 5) is 25.3. The van der Waals surface area contributed by atoms with E-state index >= 15 is 0 Å². The van der Waals surface area contributed by atoms with E-state index in [1.165, 1.54) is 5.56 Å². The van der Waals surface area contributed by atoms with Gasteiger partial charge in [0, 0.05) is 50.3 Å². The fraction of sp³-hybridized carbons (Fsp3) is 0.286. The van der Waals surface area contributed by atoms with Crippen LogP contribution in [0.5, 0.6) is 0 Å². The van der Waals surface area contributed by atoms with Crippen molar-refractivity contribution in [1.29, 1.82) is 0 Å². The van der Waals surface area contributed by atoms with Gasteiger partial charge in [-0.3, -0.25) is 0 Å². The predicted molar refractivity (Wildman–Crippen MR) is 110 cm³/mol. The molecule has 2 amide bonds. The first-order chi connectivity index (χ1) is 13.7. The van der Waals surface area contributed by atoms with E-state index in [-0.39, 0.29) is 6.03 Å². The Labute approximate surface area is 164 Å². The van der Waals surface area contributed by atoms with Crippen LogP contribution < -0.4 is 10.2 Å². The monoisotopic (exact) mass is 376 g/mol. The van der Waals surface area contributed by atoms with Gasteiger partial charge in [-0.05, 0) is 36.2 Å². The number of anilines is 2. The fourth-order valence-electron chi connectivity index (χ4n) is 3.30. The second-order valence-corrected chi connectivity index (χ2v) is 6.78. The number of aromatic nitrogens is 3. The Balaban J connectivity index is 1.35. The molecule has 4 rings (SSSR count). The van der Waals surface area contributed by atoms with Crippen molar-refractivity contribution in [3.8, 4) is 5.82 Å². The van der Waals surface area contributed by atoms with Gasteiger partial charge < -0.3 is 19.7 Å². The van der Waals surface area contributed by atoms with Gasteiger partial charge in [0.2, 0.25) is 0 Å². The van der Waals surface area contributed by atoms with Crippen molar-refractivity contribution < 1.29 is 4.79 Å². The molecule has 0 aliphatic carbocycles. The molecule has 1 fully saturated rings. The molecule has 1 aliphatic rings. The minimum absolute atomic E-state index is 0.0559. The summed E-state index contributed by atoms with van der Waals surface area (Å²) < 4.78 is 1.96. The zero-order valence-electron chi connectivity index (χ0n) is 16.0. The summed E-state index contributed by atoms with van der Waals surface area (Å²) in [6.07, 6.45) is 6.50. The van der Waals surface area contributed by atoms with Crippen LogP contribution in [0.25, 0.3) is 5.82 Å². The Kier molecular flexibility index (Phi) is 5.23. The number of rotatable bonds is 4. The van der Waals surface area contributed by atoms with Crippen molar-refractivity contribution in [1.82, 2.24) is 19.4 Å². The van der Waals surface area contributed by atoms with Crippen LogP contribution >= 0.6 is 0 Å². The van der Waals surface area contributed by atoms with Crippen molar-refractivity contribution in [2.24, 2.45) is 0 Å². The number of benzene rings is 1. The molecule has 1 saturated heterocycles. The van der Waals surface area contributed by atoms with Gasteiger partial charge in [-0.1, -0.05) is 19.1 Å². The van der Waals surface area contributed by atoms with Crippen LogP contribution in [0.15, 0.2) is 61.2 Å². The number of hydrogen-bond donors (Lipinski definition) is 1. The molecule has 1 aliphatic heterocycles. The van der Waals surface area contributed by atoms with E-state index in [4.69, 9.17) is 0 Å². The van der Waals surface area contributed by atoms with Crippen molar-refractivity contribution in [2.75, 3.05) is 36.4 Å². The minimum atomic E-state index is -0.0559. The summed E-state index contributed by atoms with van der Waals surface area (Å²) in [5, 5.41) is 2.98. The van der Waals surface area contributed by atoms with Gasteiger partial charge in [0.15, 0.2) is 0 Å². The van der Waals surface area contributed by atoms with E-state index in [1.54, 1.807) is 6.33 Å². The van der Waals surface area contributed by atoms with Crippen molar-refractivity contribution in [3.05, 3.63) is 66.7 Å². The highest BCUT2D eigenvalue weighted by atomic mass is 16.2. The van der Waals surface area contributed by atoms with E-state index in [0.29, 0.717) is 13.1 Å². The van der Waals surface area contributed by atoms with Crippen LogP contribution in [0.2, 0.25) is 0 Å². The van der Waals surface area contributed by atoms with Crippen molar-refractivity contribution in [2.45, 2.75) is 13.3 Å². The number of nitrogens with zero attached hydrogens (tertiary/aromatic N) is 5. The molecular formula is C21H24N6O. The summed E-state index contributed by atoms with van der Waals surface area (Å²) in [5.74, 6) is 1.72. The van der Waals surface area contributed by atoms with E-state index in [9.17, 15) is 4.79 Å². The number of carbonyl (C=O) groups excluding carboxylic acids is 1. The molecule has 1 aromatic carbocycles. The van der Waals surface area contributed by atoms with Crippen molar-refractivity contribution in [3.63, 3.8) is 0 Å². The van der Waals surface area contributed by atoms with Gasteiger partial charge in [-0.2, -0.15) is 0 Å². The third-order valence-electron chi connectivity index (χ3n) is 5.01. The SMILES string of the molecule is CCc1ccc(NC(=O)N2CCN(c3cc(-n4cccc4)ncn3)CC2)cc1. The number of piperazine rings is 1. The highest BCUT2D eigenvalue weighted by Gasteiger charge is 2.22. The molecule has 144 valence electrons. The van der Waals surface area contributed by atoms with Crippen molar-refractivity contribution >= 4 is 17.5 Å². The fourth-order valence-corrected chi connectivity index (χ4v) is 3.30. The number of nitrogens with one attached hydrogen (secondary N) is 1. The van der Waals surface area contributed by atoms with Crippen LogP contribution in [-0.4, -0.2) is 51.6 Å². The van der Waals surface area contributed by atoms with Crippen LogP contribution in [0.3, 0.4) is 0 Å². The average Bonchev–Trinajstić information content (AvgIpc) is 3.29. The highest BCUT2D eigenvalue weighted by molar-refractivity contribution is 5.89. The van der Waals surface area contributed by atoms with Gasteiger partial charge in [0.05, 0.1) is 0 Å². The molecule has 0 unspecified atom stereocenters. The van der Waals surface area contributed by atoms with Crippen LogP contribution in [0.1, 0.15) is 12.5 Å². The molecule has 0 spiro atoms. The topological polar surface area (TPSA) is 66.3 Å². The van der Waals surface area contributed by atoms with E-state index in [0.717, 1.165) is 36.8 Å². The Bertz CT molecular complexity index is 914. The number of hydrogen-bond acceptors (Lipinski definition) is 4. The Morgan fingerprint density at radius 3 is 2.36 bits per heavy atom. The zero-order chi connectivity index (χ0) is 19.3. The van der Waals surface area contributed by atoms with Gasteiger partial charge in [0.1, 0.15) is 18.0 Å². The summed E-state index contributed by atoms with van der Waals surface area (Å²) in [6, 6.07) is 13.9. The summed E-state index contributed by atoms with van der Waals surface area (Å²) in [5.41, 5.74) is 2.09. The summed E-state index contributed by atoms with van der Waals surface area (Å²) in [6.45, 7) is 4.91. The van der Waals surface area contributed by atoms with Crippen LogP contribution in [0, 0.1) is 0 Å². The largest absolute Gasteiger partial charge is 0.353 e. The third kappa shape index (κ3) is 3.98. The molecule has 28 heavy (non-hydrogen) atoms. The first-order valence-electron chi connectivity index (χ1n) is 9.58. The molecule has 1 N–H and O–H groups in total. The van der Waals surface area contributed by atoms with Crippen LogP contribution in [0.4, 0.5) is 16.3 Å². The van der Waals surface area contributed by atoms with E-state index in [1.807, 2.05) is 64.3 Å². The quantitative estimate of drug-likeness (QED) is 0.759. The van der Waals surface area contributed by atoms with E-state index in [2.05, 4.69) is 27.1 Å². The molecular weight excluding hydrogens is 352 g/mol. The minimum Gasteiger partial charge on any atom is -0.353 e. The molecule has 0 saturated carbocycles. The first kappa shape index (κ1) is 18.0. The molecule has 3 heterocycles. The molecule has 2 aromatic heterocycles. The number of carbonyl (C=O) groups is 1. The van der Waals surface area contributed by atoms with Gasteiger partial charge in [-0.15, -0.1) is 0 Å². The second-order valence-electron chi connectivity index (χ2n) is 6.78. The summed E-state index contributed by atoms with van der Waals surface area (Å²) >= 11 is 0. The Morgan fingerprint density at radius 2 is 1.68 bits per heavy atom. The zero-order valence-corrected chi connectivity index (χ0v) is 16.0. The molecule has 7 nitrogen and oxygen atoms in total. The number of urea groups is 1. The van der Waals surface area contributed by atoms with Gasteiger partial charge >= 0.3 is 6.03 Å². The van der Waals surface area contributed by atoms with Gasteiger partial charge in [0.25, 0.3) is 0 Å². The lowest BCUT2D eigenvalue weighted by Gasteiger charge is -2.35. The highest BCUT2D eigenvalue weighted by Crippen LogP contribution is 2.17. The lowest BCUT2D eigenvalue weighted by molar-refractivity contribution is 0.208. The maximum Gasteiger partial charge on any atom is 0.321 e. The molecule has 0 bridgehead atoms. The van der Waals surface area contributed by atoms with Gasteiger partial charge in [-0.25, -0.2) is 14.8 Å².